The Hall–Kier alpha value is -2.84. The van der Waals surface area contributed by atoms with Gasteiger partial charge in [-0.3, -0.25) is 0 Å². The Balaban J connectivity index is 1.84. The van der Waals surface area contributed by atoms with Crippen molar-refractivity contribution in [3.63, 3.8) is 0 Å². The van der Waals surface area contributed by atoms with E-state index in [9.17, 15) is 9.18 Å². The molecule has 0 aliphatic carbocycles. The number of unbranched alkanes of at least 4 members (excludes halogenated alkanes) is 1. The molecule has 0 aliphatic rings. The van der Waals surface area contributed by atoms with E-state index in [2.05, 4.69) is 20.6 Å². The van der Waals surface area contributed by atoms with Crippen molar-refractivity contribution in [3.8, 4) is 5.75 Å². The number of nitrogens with two attached hydrogens (primary N) is 1. The number of fused-ring (bicyclic) bond motifs is 1. The number of halogens is 1. The Labute approximate surface area is 157 Å². The first kappa shape index (κ1) is 20.5. The first-order chi connectivity index (χ1) is 12.7. The predicted octanol–water partition coefficient (Wildman–Crippen LogP) is 3.08. The molecule has 2 rings (SSSR count). The molecule has 0 bridgehead atoms. The second-order valence-electron chi connectivity index (χ2n) is 7.00. The maximum Gasteiger partial charge on any atom is 0.407 e. The standard InChI is InChI=1S/C18H26FN5O3/c1-18(2,3)27-17(25)22-8-6-5-7-21-16-15(20)23-12-9-11(19)14(26-4)10-13(12)24-16/h9-10H,5-8H2,1-4H3,(H2,20,23)(H,21,24)(H,22,25). The van der Waals surface area contributed by atoms with E-state index >= 15 is 0 Å². The molecule has 1 aromatic carbocycles. The number of carbonyl (C=O) groups excluding carboxylic acids is 1. The van der Waals surface area contributed by atoms with Gasteiger partial charge in [0.2, 0.25) is 0 Å². The summed E-state index contributed by atoms with van der Waals surface area (Å²) < 4.78 is 23.9. The van der Waals surface area contributed by atoms with Crippen LogP contribution in [0.15, 0.2) is 12.1 Å². The van der Waals surface area contributed by atoms with Gasteiger partial charge < -0.3 is 25.8 Å². The van der Waals surface area contributed by atoms with Crippen LogP contribution in [0.4, 0.5) is 20.8 Å². The zero-order valence-corrected chi connectivity index (χ0v) is 16.1. The average molecular weight is 379 g/mol. The molecule has 148 valence electrons. The minimum atomic E-state index is -0.517. The van der Waals surface area contributed by atoms with Crippen molar-refractivity contribution in [2.45, 2.75) is 39.2 Å². The molecule has 2 aromatic rings. The number of benzene rings is 1. The summed E-state index contributed by atoms with van der Waals surface area (Å²) in [5.41, 5.74) is 6.21. The van der Waals surface area contributed by atoms with Gasteiger partial charge in [-0.2, -0.15) is 0 Å². The third-order valence-corrected chi connectivity index (χ3v) is 3.53. The Bertz CT molecular complexity index is 808. The molecule has 9 heteroatoms. The molecule has 0 spiro atoms. The van der Waals surface area contributed by atoms with Gasteiger partial charge in [0.05, 0.1) is 18.1 Å². The largest absolute Gasteiger partial charge is 0.494 e. The summed E-state index contributed by atoms with van der Waals surface area (Å²) in [5.74, 6) is 0.202. The fourth-order valence-corrected chi connectivity index (χ4v) is 2.32. The van der Waals surface area contributed by atoms with E-state index in [4.69, 9.17) is 15.2 Å². The van der Waals surface area contributed by atoms with Crippen LogP contribution in [0.2, 0.25) is 0 Å². The second kappa shape index (κ2) is 8.70. The maximum atomic E-state index is 13.7. The smallest absolute Gasteiger partial charge is 0.407 e. The number of nitrogen functional groups attached to an aromatic ring is 1. The number of amides is 1. The number of rotatable bonds is 7. The van der Waals surface area contributed by atoms with Crippen LogP contribution < -0.4 is 21.1 Å². The topological polar surface area (TPSA) is 111 Å². The van der Waals surface area contributed by atoms with Gasteiger partial charge in [-0.05, 0) is 33.6 Å². The van der Waals surface area contributed by atoms with Crippen LogP contribution in [0.3, 0.4) is 0 Å². The minimum absolute atomic E-state index is 0.0979. The predicted molar refractivity (Wildman–Crippen MR) is 102 cm³/mol. The van der Waals surface area contributed by atoms with Gasteiger partial charge in [0.25, 0.3) is 0 Å². The fraction of sp³-hybridized carbons (Fsp3) is 0.500. The lowest BCUT2D eigenvalue weighted by Crippen LogP contribution is -2.33. The zero-order valence-electron chi connectivity index (χ0n) is 16.1. The fourth-order valence-electron chi connectivity index (χ4n) is 2.32. The van der Waals surface area contributed by atoms with Crippen molar-refractivity contribution in [2.75, 3.05) is 31.2 Å². The number of hydrogen-bond acceptors (Lipinski definition) is 7. The highest BCUT2D eigenvalue weighted by molar-refractivity contribution is 5.81. The van der Waals surface area contributed by atoms with Crippen LogP contribution in [-0.4, -0.2) is 41.9 Å². The van der Waals surface area contributed by atoms with E-state index < -0.39 is 17.5 Å². The summed E-state index contributed by atoms with van der Waals surface area (Å²) in [7, 11) is 1.39. The molecule has 0 saturated heterocycles. The van der Waals surface area contributed by atoms with Gasteiger partial charge in [0.1, 0.15) is 5.60 Å². The highest BCUT2D eigenvalue weighted by Gasteiger charge is 2.15. The second-order valence-corrected chi connectivity index (χ2v) is 7.00. The van der Waals surface area contributed by atoms with E-state index in [1.807, 2.05) is 20.8 Å². The molecular formula is C18H26FN5O3. The normalized spacial score (nSPS) is 11.3. The number of alkyl carbamates (subject to hydrolysis) is 1. The average Bonchev–Trinajstić information content (AvgIpc) is 2.56. The van der Waals surface area contributed by atoms with Gasteiger partial charge in [-0.15, -0.1) is 0 Å². The summed E-state index contributed by atoms with van der Waals surface area (Å²) >= 11 is 0. The van der Waals surface area contributed by atoms with Gasteiger partial charge in [-0.1, -0.05) is 0 Å². The Morgan fingerprint density at radius 2 is 1.85 bits per heavy atom. The van der Waals surface area contributed by atoms with Crippen LogP contribution in [0.5, 0.6) is 5.75 Å². The van der Waals surface area contributed by atoms with Crippen LogP contribution in [0.25, 0.3) is 11.0 Å². The third kappa shape index (κ3) is 6.12. The number of hydrogen-bond donors (Lipinski definition) is 3. The van der Waals surface area contributed by atoms with Gasteiger partial charge >= 0.3 is 6.09 Å². The van der Waals surface area contributed by atoms with Crippen molar-refractivity contribution in [3.05, 3.63) is 17.9 Å². The molecule has 0 fully saturated rings. The van der Waals surface area contributed by atoms with Crippen LogP contribution in [-0.2, 0) is 4.74 Å². The molecule has 8 nitrogen and oxygen atoms in total. The van der Waals surface area contributed by atoms with Crippen LogP contribution >= 0.6 is 0 Å². The van der Waals surface area contributed by atoms with E-state index in [0.29, 0.717) is 29.9 Å². The first-order valence-electron chi connectivity index (χ1n) is 8.71. The molecule has 0 radical (unpaired) electrons. The lowest BCUT2D eigenvalue weighted by atomic mass is 10.2. The molecule has 0 saturated carbocycles. The molecule has 1 amide bonds. The lowest BCUT2D eigenvalue weighted by molar-refractivity contribution is 0.0527. The molecule has 0 aliphatic heterocycles. The first-order valence-corrected chi connectivity index (χ1v) is 8.71. The van der Waals surface area contributed by atoms with E-state index in [0.717, 1.165) is 12.8 Å². The molecular weight excluding hydrogens is 353 g/mol. The van der Waals surface area contributed by atoms with Gasteiger partial charge in [0.15, 0.2) is 23.2 Å². The third-order valence-electron chi connectivity index (χ3n) is 3.53. The number of ether oxygens (including phenoxy) is 2. The SMILES string of the molecule is COc1cc2nc(NCCCCNC(=O)OC(C)(C)C)c(N)nc2cc1F. The quantitative estimate of drug-likeness (QED) is 0.634. The number of anilines is 2. The van der Waals surface area contributed by atoms with Crippen LogP contribution in [0, 0.1) is 5.82 Å². The number of nitrogens with zero attached hydrogens (tertiary/aromatic N) is 2. The van der Waals surface area contributed by atoms with E-state index in [1.165, 1.54) is 19.2 Å². The molecule has 1 heterocycles. The zero-order chi connectivity index (χ0) is 20.0. The summed E-state index contributed by atoms with van der Waals surface area (Å²) in [6, 6.07) is 2.72. The van der Waals surface area contributed by atoms with Crippen molar-refractivity contribution in [2.24, 2.45) is 0 Å². The Morgan fingerprint density at radius 3 is 2.52 bits per heavy atom. The molecule has 1 aromatic heterocycles. The van der Waals surface area contributed by atoms with Crippen LogP contribution in [0.1, 0.15) is 33.6 Å². The summed E-state index contributed by atoms with van der Waals surface area (Å²) in [5, 5.41) is 5.81. The van der Waals surface area contributed by atoms with Gasteiger partial charge in [0, 0.05) is 25.2 Å². The molecule has 4 N–H and O–H groups in total. The van der Waals surface area contributed by atoms with Gasteiger partial charge in [-0.25, -0.2) is 19.2 Å². The lowest BCUT2D eigenvalue weighted by Gasteiger charge is -2.19. The van der Waals surface area contributed by atoms with E-state index in [-0.39, 0.29) is 11.6 Å². The van der Waals surface area contributed by atoms with Crippen molar-refractivity contribution < 1.29 is 18.7 Å². The van der Waals surface area contributed by atoms with Crippen molar-refractivity contribution >= 4 is 28.8 Å². The summed E-state index contributed by atoms with van der Waals surface area (Å²) in [4.78, 5) is 20.1. The molecule has 27 heavy (non-hydrogen) atoms. The summed E-state index contributed by atoms with van der Waals surface area (Å²) in [6.07, 6.45) is 1.11. The minimum Gasteiger partial charge on any atom is -0.494 e. The monoisotopic (exact) mass is 379 g/mol. The van der Waals surface area contributed by atoms with E-state index in [1.54, 1.807) is 0 Å². The Kier molecular flexibility index (Phi) is 6.59. The number of methoxy groups -OCH3 is 1. The maximum absolute atomic E-state index is 13.7. The molecule has 0 unspecified atom stereocenters. The Morgan fingerprint density at radius 1 is 1.19 bits per heavy atom. The van der Waals surface area contributed by atoms with Crippen molar-refractivity contribution in [1.29, 1.82) is 0 Å². The number of carbonyl (C=O) groups is 1. The van der Waals surface area contributed by atoms with Crippen molar-refractivity contribution in [1.82, 2.24) is 15.3 Å². The number of aromatic nitrogens is 2. The molecule has 0 atom stereocenters. The highest BCUT2D eigenvalue weighted by Crippen LogP contribution is 2.25. The highest BCUT2D eigenvalue weighted by atomic mass is 19.1. The summed E-state index contributed by atoms with van der Waals surface area (Å²) in [6.45, 7) is 6.55. The number of nitrogens with one attached hydrogen (secondary N) is 2.